The van der Waals surface area contributed by atoms with E-state index in [-0.39, 0.29) is 29.4 Å². The van der Waals surface area contributed by atoms with Crippen molar-refractivity contribution in [3.05, 3.63) is 59.0 Å². The van der Waals surface area contributed by atoms with E-state index in [1.807, 2.05) is 0 Å². The van der Waals surface area contributed by atoms with E-state index in [4.69, 9.17) is 4.74 Å². The van der Waals surface area contributed by atoms with Crippen LogP contribution in [0.5, 0.6) is 5.75 Å². The van der Waals surface area contributed by atoms with E-state index in [2.05, 4.69) is 10.2 Å². The van der Waals surface area contributed by atoms with Crippen LogP contribution in [0.15, 0.2) is 30.5 Å². The van der Waals surface area contributed by atoms with Crippen molar-refractivity contribution in [2.45, 2.75) is 38.5 Å². The molecule has 10 heteroatoms. The van der Waals surface area contributed by atoms with Gasteiger partial charge in [0.25, 0.3) is 0 Å². The number of hydrogen-bond acceptors (Lipinski definition) is 3. The monoisotopic (exact) mass is 433 g/mol. The summed E-state index contributed by atoms with van der Waals surface area (Å²) in [5.74, 6) is -1.21. The van der Waals surface area contributed by atoms with E-state index < -0.39 is 29.5 Å². The van der Waals surface area contributed by atoms with Crippen LogP contribution in [0.4, 0.5) is 22.0 Å². The minimum Gasteiger partial charge on any atom is -0.483 e. The number of ether oxygens (including phenoxy) is 1. The molecule has 1 aliphatic carbocycles. The molecule has 0 amide bonds. The molecule has 0 radical (unpaired) electrons. The summed E-state index contributed by atoms with van der Waals surface area (Å²) in [7, 11) is 0. The molecule has 1 aliphatic rings. The number of benzene rings is 1. The van der Waals surface area contributed by atoms with Gasteiger partial charge in [-0.15, -0.1) is 22.6 Å². The molecule has 1 aromatic carbocycles. The van der Waals surface area contributed by atoms with Crippen LogP contribution >= 0.6 is 12.4 Å². The van der Waals surface area contributed by atoms with Gasteiger partial charge in [0.05, 0.1) is 0 Å². The number of aromatic nitrogens is 3. The van der Waals surface area contributed by atoms with Crippen LogP contribution in [0.25, 0.3) is 5.65 Å². The molecule has 2 aromatic heterocycles. The quantitative estimate of drug-likeness (QED) is 0.496. The van der Waals surface area contributed by atoms with E-state index in [9.17, 15) is 22.0 Å². The van der Waals surface area contributed by atoms with Gasteiger partial charge in [-0.1, -0.05) is 0 Å². The summed E-state index contributed by atoms with van der Waals surface area (Å²) in [5, 5.41) is 7.69. The molecule has 1 saturated carbocycles. The first-order valence-corrected chi connectivity index (χ1v) is 8.79. The summed E-state index contributed by atoms with van der Waals surface area (Å²) in [6, 6.07) is 3.90. The maximum Gasteiger partial charge on any atom is 0.420 e. The average molecular weight is 434 g/mol. The van der Waals surface area contributed by atoms with Crippen molar-refractivity contribution < 1.29 is 26.7 Å². The Balaban J connectivity index is 0.00000240. The van der Waals surface area contributed by atoms with Gasteiger partial charge in [0.2, 0.25) is 0 Å². The molecule has 0 N–H and O–H groups in total. The van der Waals surface area contributed by atoms with Gasteiger partial charge in [-0.25, -0.2) is 8.78 Å². The third-order valence-electron chi connectivity index (χ3n) is 4.77. The summed E-state index contributed by atoms with van der Waals surface area (Å²) in [4.78, 5) is 0. The predicted octanol–water partition coefficient (Wildman–Crippen LogP) is 5.54. The van der Waals surface area contributed by atoms with Gasteiger partial charge in [-0.3, -0.25) is 4.40 Å². The van der Waals surface area contributed by atoms with Gasteiger partial charge in [0, 0.05) is 24.2 Å². The fourth-order valence-electron chi connectivity index (χ4n) is 3.19. The van der Waals surface area contributed by atoms with E-state index in [0.29, 0.717) is 24.2 Å². The first kappa shape index (κ1) is 21.3. The third-order valence-corrected chi connectivity index (χ3v) is 4.77. The number of rotatable bonds is 5. The SMILES string of the molecule is C[C@H](Oc1ccc(F)cc1F)c1ccn2c(CC3CC3)nnc2c1C(F)(F)F.Cl. The third kappa shape index (κ3) is 4.29. The number of alkyl halides is 3. The van der Waals surface area contributed by atoms with Crippen LogP contribution in [0.1, 0.15) is 42.8 Å². The zero-order valence-corrected chi connectivity index (χ0v) is 16.0. The second kappa shape index (κ2) is 7.78. The van der Waals surface area contributed by atoms with E-state index in [1.54, 1.807) is 0 Å². The van der Waals surface area contributed by atoms with Gasteiger partial charge in [0.15, 0.2) is 17.2 Å². The number of hydrogen-bond donors (Lipinski definition) is 0. The normalized spacial score (nSPS) is 15.2. The zero-order chi connectivity index (χ0) is 20.1. The molecule has 4 rings (SSSR count). The van der Waals surface area contributed by atoms with Gasteiger partial charge in [-0.2, -0.15) is 13.2 Å². The largest absolute Gasteiger partial charge is 0.483 e. The Morgan fingerprint density at radius 2 is 1.90 bits per heavy atom. The minimum absolute atomic E-state index is 0. The molecule has 0 bridgehead atoms. The van der Waals surface area contributed by atoms with Crippen LogP contribution in [0.2, 0.25) is 0 Å². The number of halogens is 6. The summed E-state index contributed by atoms with van der Waals surface area (Å²) in [5.41, 5.74) is -1.48. The molecule has 4 nitrogen and oxygen atoms in total. The fourth-order valence-corrected chi connectivity index (χ4v) is 3.19. The average Bonchev–Trinajstić information content (AvgIpc) is 3.34. The summed E-state index contributed by atoms with van der Waals surface area (Å²) in [6.45, 7) is 1.37. The Bertz CT molecular complexity index is 1030. The highest BCUT2D eigenvalue weighted by atomic mass is 35.5. The molecule has 0 spiro atoms. The van der Waals surface area contributed by atoms with Crippen molar-refractivity contribution in [2.24, 2.45) is 5.92 Å². The molecule has 29 heavy (non-hydrogen) atoms. The second-order valence-corrected chi connectivity index (χ2v) is 6.94. The van der Waals surface area contributed by atoms with Crippen LogP contribution < -0.4 is 4.74 Å². The standard InChI is InChI=1S/C19H16F5N3O.ClH/c1-10(28-15-5-4-12(20)9-14(15)21)13-6-7-27-16(8-11-2-3-11)25-26-18(27)17(13)19(22,23)24;/h4-7,9-11H,2-3,8H2,1H3;1H/t10-;/m0./s1. The molecular weight excluding hydrogens is 417 g/mol. The molecule has 0 unspecified atom stereocenters. The van der Waals surface area contributed by atoms with Gasteiger partial charge in [-0.05, 0) is 43.9 Å². The number of pyridine rings is 1. The van der Waals surface area contributed by atoms with Crippen LogP contribution in [0.3, 0.4) is 0 Å². The zero-order valence-electron chi connectivity index (χ0n) is 15.2. The minimum atomic E-state index is -4.71. The number of nitrogens with zero attached hydrogens (tertiary/aromatic N) is 3. The lowest BCUT2D eigenvalue weighted by Gasteiger charge is -2.20. The molecule has 1 fully saturated rings. The van der Waals surface area contributed by atoms with Gasteiger partial charge >= 0.3 is 6.18 Å². The first-order valence-electron chi connectivity index (χ1n) is 8.79. The Morgan fingerprint density at radius 3 is 2.52 bits per heavy atom. The second-order valence-electron chi connectivity index (χ2n) is 6.94. The lowest BCUT2D eigenvalue weighted by Crippen LogP contribution is -2.16. The fraction of sp³-hybridized carbons (Fsp3) is 0.368. The molecular formula is C19H17ClF5N3O. The molecule has 2 heterocycles. The molecule has 1 atom stereocenters. The highest BCUT2D eigenvalue weighted by molar-refractivity contribution is 5.85. The summed E-state index contributed by atoms with van der Waals surface area (Å²) < 4.78 is 75.1. The smallest absolute Gasteiger partial charge is 0.420 e. The lowest BCUT2D eigenvalue weighted by molar-refractivity contribution is -0.138. The van der Waals surface area contributed by atoms with Crippen molar-refractivity contribution in [2.75, 3.05) is 0 Å². The predicted molar refractivity (Wildman–Crippen MR) is 97.1 cm³/mol. The van der Waals surface area contributed by atoms with E-state index in [1.165, 1.54) is 23.6 Å². The highest BCUT2D eigenvalue weighted by Gasteiger charge is 2.39. The van der Waals surface area contributed by atoms with Gasteiger partial charge in [0.1, 0.15) is 23.3 Å². The molecule has 0 aliphatic heterocycles. The highest BCUT2D eigenvalue weighted by Crippen LogP contribution is 2.39. The lowest BCUT2D eigenvalue weighted by atomic mass is 10.0. The van der Waals surface area contributed by atoms with Crippen LogP contribution in [-0.2, 0) is 12.6 Å². The van der Waals surface area contributed by atoms with Crippen molar-refractivity contribution in [1.29, 1.82) is 0 Å². The Morgan fingerprint density at radius 1 is 1.17 bits per heavy atom. The Kier molecular flexibility index (Phi) is 5.71. The number of fused-ring (bicyclic) bond motifs is 1. The van der Waals surface area contributed by atoms with Crippen LogP contribution in [-0.4, -0.2) is 14.6 Å². The Hall–Kier alpha value is -2.42. The maximum atomic E-state index is 13.8. The van der Waals surface area contributed by atoms with Crippen LogP contribution in [0, 0.1) is 17.6 Å². The van der Waals surface area contributed by atoms with E-state index >= 15 is 0 Å². The first-order chi connectivity index (χ1) is 13.2. The summed E-state index contributed by atoms with van der Waals surface area (Å²) >= 11 is 0. The maximum absolute atomic E-state index is 13.8. The molecule has 3 aromatic rings. The topological polar surface area (TPSA) is 39.4 Å². The van der Waals surface area contributed by atoms with Crippen molar-refractivity contribution in [3.8, 4) is 5.75 Å². The molecule has 156 valence electrons. The van der Waals surface area contributed by atoms with E-state index in [0.717, 1.165) is 25.0 Å². The Labute approximate surface area is 169 Å². The van der Waals surface area contributed by atoms with Gasteiger partial charge < -0.3 is 4.74 Å². The molecule has 0 saturated heterocycles. The van der Waals surface area contributed by atoms with Crippen molar-refractivity contribution in [1.82, 2.24) is 14.6 Å². The van der Waals surface area contributed by atoms with Crippen molar-refractivity contribution in [3.63, 3.8) is 0 Å². The van der Waals surface area contributed by atoms with Crippen molar-refractivity contribution >= 4 is 18.1 Å². The summed E-state index contributed by atoms with van der Waals surface area (Å²) in [6.07, 6.45) is -1.74.